The van der Waals surface area contributed by atoms with Gasteiger partial charge in [-0.25, -0.2) is 0 Å². The zero-order valence-electron chi connectivity index (χ0n) is 8.12. The Morgan fingerprint density at radius 3 is 2.73 bits per heavy atom. The van der Waals surface area contributed by atoms with Crippen LogP contribution in [0, 0.1) is 0 Å². The second-order valence-corrected chi connectivity index (χ2v) is 4.68. The van der Waals surface area contributed by atoms with E-state index < -0.39 is 22.7 Å². The van der Waals surface area contributed by atoms with E-state index in [1.165, 1.54) is 6.20 Å². The number of nitrogens with one attached hydrogen (secondary N) is 1. The maximum Gasteiger partial charge on any atom is 0.318 e. The average molecular weight is 232 g/mol. The van der Waals surface area contributed by atoms with Crippen LogP contribution in [0.5, 0.6) is 0 Å². The normalized spacial score (nSPS) is 20.6. The first-order valence-electron chi connectivity index (χ1n) is 4.28. The monoisotopic (exact) mass is 232 g/mol. The fraction of sp³-hybridized carbons (Fsp3) is 0.375. The van der Waals surface area contributed by atoms with Crippen LogP contribution in [0.15, 0.2) is 24.4 Å². The first-order valence-corrected chi connectivity index (χ1v) is 5.72. The third-order valence-electron chi connectivity index (χ3n) is 1.82. The van der Waals surface area contributed by atoms with E-state index in [9.17, 15) is 13.2 Å². The molecule has 0 aromatic heterocycles. The van der Waals surface area contributed by atoms with Gasteiger partial charge in [0.15, 0.2) is 0 Å². The van der Waals surface area contributed by atoms with Gasteiger partial charge in [-0.2, -0.15) is 13.1 Å². The van der Waals surface area contributed by atoms with Gasteiger partial charge in [-0.3, -0.25) is 9.10 Å². The fourth-order valence-corrected chi connectivity index (χ4v) is 2.30. The number of carbonyl (C=O) groups is 1. The van der Waals surface area contributed by atoms with Crippen molar-refractivity contribution in [2.24, 2.45) is 0 Å². The Kier molecular flexibility index (Phi) is 3.48. The molecule has 15 heavy (non-hydrogen) atoms. The van der Waals surface area contributed by atoms with Crippen molar-refractivity contribution in [3.05, 3.63) is 24.4 Å². The Bertz CT molecular complexity index is 399. The van der Waals surface area contributed by atoms with E-state index >= 15 is 0 Å². The van der Waals surface area contributed by atoms with Crippen molar-refractivity contribution in [1.82, 2.24) is 9.03 Å². The molecule has 0 aromatic carbocycles. The van der Waals surface area contributed by atoms with Crippen LogP contribution in [0.25, 0.3) is 0 Å². The second kappa shape index (κ2) is 4.45. The number of nitrogens with zero attached hydrogens (tertiary/aromatic N) is 1. The van der Waals surface area contributed by atoms with Gasteiger partial charge in [0.05, 0.1) is 6.04 Å². The van der Waals surface area contributed by atoms with E-state index in [1.54, 1.807) is 25.2 Å². The predicted octanol–water partition coefficient (Wildman–Crippen LogP) is -0.321. The van der Waals surface area contributed by atoms with Crippen molar-refractivity contribution >= 4 is 16.2 Å². The molecule has 1 heterocycles. The molecular formula is C8H12N2O4S. The summed E-state index contributed by atoms with van der Waals surface area (Å²) in [5, 5.41) is 8.36. The highest BCUT2D eigenvalue weighted by Gasteiger charge is 2.23. The van der Waals surface area contributed by atoms with Crippen LogP contribution in [0.3, 0.4) is 0 Å². The van der Waals surface area contributed by atoms with Gasteiger partial charge in [0.1, 0.15) is 6.54 Å². The highest BCUT2D eigenvalue weighted by Crippen LogP contribution is 2.11. The fourth-order valence-electron chi connectivity index (χ4n) is 1.11. The Hall–Kier alpha value is -1.34. The van der Waals surface area contributed by atoms with Crippen molar-refractivity contribution in [3.8, 4) is 0 Å². The summed E-state index contributed by atoms with van der Waals surface area (Å²) in [6.45, 7) is 1.07. The molecule has 1 rings (SSSR count). The van der Waals surface area contributed by atoms with Crippen LogP contribution < -0.4 is 4.72 Å². The van der Waals surface area contributed by atoms with Crippen LogP contribution in [0.2, 0.25) is 0 Å². The van der Waals surface area contributed by atoms with Crippen LogP contribution in [-0.2, 0) is 15.0 Å². The average Bonchev–Trinajstić information content (AvgIpc) is 2.15. The third kappa shape index (κ3) is 3.07. The van der Waals surface area contributed by atoms with Crippen molar-refractivity contribution in [3.63, 3.8) is 0 Å². The second-order valence-electron chi connectivity index (χ2n) is 3.02. The van der Waals surface area contributed by atoms with Gasteiger partial charge >= 0.3 is 16.2 Å². The molecule has 0 fully saturated rings. The molecular weight excluding hydrogens is 220 g/mol. The number of allylic oxidation sites excluding steroid dienone is 2. The minimum Gasteiger partial charge on any atom is -0.480 e. The van der Waals surface area contributed by atoms with Gasteiger partial charge in [0, 0.05) is 6.20 Å². The summed E-state index contributed by atoms with van der Waals surface area (Å²) in [6, 6.07) is -0.318. The molecule has 0 aliphatic carbocycles. The van der Waals surface area contributed by atoms with Gasteiger partial charge in [-0.15, -0.1) is 0 Å². The van der Waals surface area contributed by atoms with Gasteiger partial charge in [0.25, 0.3) is 0 Å². The smallest absolute Gasteiger partial charge is 0.318 e. The van der Waals surface area contributed by atoms with Crippen molar-refractivity contribution < 1.29 is 18.3 Å². The van der Waals surface area contributed by atoms with E-state index in [2.05, 4.69) is 0 Å². The summed E-state index contributed by atoms with van der Waals surface area (Å²) < 4.78 is 26.2. The summed E-state index contributed by atoms with van der Waals surface area (Å²) in [5.41, 5.74) is 0. The number of rotatable bonds is 4. The summed E-state index contributed by atoms with van der Waals surface area (Å²) >= 11 is 0. The molecule has 0 bridgehead atoms. The van der Waals surface area contributed by atoms with Crippen molar-refractivity contribution in [2.45, 2.75) is 13.0 Å². The number of hydrogen-bond acceptors (Lipinski definition) is 3. The molecule has 0 spiro atoms. The van der Waals surface area contributed by atoms with E-state index in [-0.39, 0.29) is 6.04 Å². The molecule has 0 saturated heterocycles. The molecule has 0 saturated carbocycles. The number of carboxylic acids is 1. The standard InChI is InChI=1S/C8H12N2O4S/c1-7-4-2-3-5-10(7)15(13,14)9-6-8(11)12/h2-5,7,9H,6H2,1H3,(H,11,12)/t7-/m1/s1. The largest absolute Gasteiger partial charge is 0.480 e. The van der Waals surface area contributed by atoms with E-state index in [0.29, 0.717) is 0 Å². The lowest BCUT2D eigenvalue weighted by Gasteiger charge is -2.26. The summed E-state index contributed by atoms with van der Waals surface area (Å²) in [4.78, 5) is 10.2. The Morgan fingerprint density at radius 2 is 2.20 bits per heavy atom. The molecule has 2 N–H and O–H groups in total. The predicted molar refractivity (Wildman–Crippen MR) is 54.1 cm³/mol. The zero-order valence-corrected chi connectivity index (χ0v) is 8.94. The molecule has 0 amide bonds. The first kappa shape index (κ1) is 11.7. The van der Waals surface area contributed by atoms with Gasteiger partial charge in [0.2, 0.25) is 0 Å². The SMILES string of the molecule is C[C@@H]1C=CC=CN1S(=O)(=O)NCC(=O)O. The number of aliphatic carboxylic acids is 1. The highest BCUT2D eigenvalue weighted by molar-refractivity contribution is 7.87. The molecule has 7 heteroatoms. The van der Waals surface area contributed by atoms with Crippen LogP contribution in [-0.4, -0.2) is 36.4 Å². The van der Waals surface area contributed by atoms with Crippen LogP contribution >= 0.6 is 0 Å². The minimum atomic E-state index is -3.76. The van der Waals surface area contributed by atoms with Gasteiger partial charge in [-0.1, -0.05) is 12.2 Å². The Morgan fingerprint density at radius 1 is 1.53 bits per heavy atom. The third-order valence-corrected chi connectivity index (χ3v) is 3.34. The lowest BCUT2D eigenvalue weighted by atomic mass is 10.2. The Balaban J connectivity index is 2.73. The minimum absolute atomic E-state index is 0.318. The molecule has 1 atom stereocenters. The zero-order chi connectivity index (χ0) is 11.5. The van der Waals surface area contributed by atoms with Gasteiger partial charge in [-0.05, 0) is 13.0 Å². The van der Waals surface area contributed by atoms with E-state index in [0.717, 1.165) is 4.31 Å². The van der Waals surface area contributed by atoms with Gasteiger partial charge < -0.3 is 5.11 Å². The highest BCUT2D eigenvalue weighted by atomic mass is 32.2. The topological polar surface area (TPSA) is 86.7 Å². The number of hydrogen-bond donors (Lipinski definition) is 2. The van der Waals surface area contributed by atoms with E-state index in [4.69, 9.17) is 5.11 Å². The quantitative estimate of drug-likeness (QED) is 0.695. The van der Waals surface area contributed by atoms with Crippen LogP contribution in [0.1, 0.15) is 6.92 Å². The summed E-state index contributed by atoms with van der Waals surface area (Å²) in [6.07, 6.45) is 6.38. The van der Waals surface area contributed by atoms with Crippen molar-refractivity contribution in [1.29, 1.82) is 0 Å². The van der Waals surface area contributed by atoms with E-state index in [1.807, 2.05) is 4.72 Å². The lowest BCUT2D eigenvalue weighted by molar-refractivity contribution is -0.135. The molecule has 0 unspecified atom stereocenters. The molecule has 1 aliphatic heterocycles. The molecule has 0 aromatic rings. The summed E-state index contributed by atoms with van der Waals surface area (Å²) in [7, 11) is -3.76. The molecule has 0 radical (unpaired) electrons. The Labute approximate surface area is 88.1 Å². The lowest BCUT2D eigenvalue weighted by Crippen LogP contribution is -2.43. The van der Waals surface area contributed by atoms with Crippen LogP contribution in [0.4, 0.5) is 0 Å². The molecule has 84 valence electrons. The molecule has 1 aliphatic rings. The summed E-state index contributed by atoms with van der Waals surface area (Å²) in [5.74, 6) is -1.22. The van der Waals surface area contributed by atoms with Crippen molar-refractivity contribution in [2.75, 3.05) is 6.54 Å². The molecule has 6 nitrogen and oxygen atoms in total. The maximum atomic E-state index is 11.6. The first-order chi connectivity index (χ1) is 6.93. The maximum absolute atomic E-state index is 11.6. The number of carboxylic acid groups (broad SMARTS) is 1.